The zero-order valence-corrected chi connectivity index (χ0v) is 16.4. The van der Waals surface area contributed by atoms with Crippen LogP contribution in [0.15, 0.2) is 68.9 Å². The second-order valence-electron chi connectivity index (χ2n) is 5.76. The van der Waals surface area contributed by atoms with Gasteiger partial charge in [-0.25, -0.2) is 9.38 Å². The first-order chi connectivity index (χ1) is 13.5. The molecule has 0 aliphatic carbocycles. The van der Waals surface area contributed by atoms with Crippen molar-refractivity contribution in [2.24, 2.45) is 4.99 Å². The van der Waals surface area contributed by atoms with Crippen LogP contribution in [-0.2, 0) is 4.79 Å². The highest BCUT2D eigenvalue weighted by molar-refractivity contribution is 8.18. The van der Waals surface area contributed by atoms with Crippen molar-refractivity contribution >= 4 is 57.8 Å². The van der Waals surface area contributed by atoms with Gasteiger partial charge in [-0.05, 0) is 54.2 Å². The Hall–Kier alpha value is -2.54. The molecule has 1 N–H and O–H groups in total. The van der Waals surface area contributed by atoms with Gasteiger partial charge in [0.2, 0.25) is 0 Å². The topological polar surface area (TPSA) is 54.6 Å². The van der Waals surface area contributed by atoms with Crippen LogP contribution in [0.5, 0.6) is 0 Å². The van der Waals surface area contributed by atoms with Crippen molar-refractivity contribution < 1.29 is 13.6 Å². The molecule has 0 atom stereocenters. The lowest BCUT2D eigenvalue weighted by molar-refractivity contribution is -0.115. The second kappa shape index (κ2) is 7.83. The number of carbonyl (C=O) groups excluding carboxylic acids is 1. The minimum absolute atomic E-state index is 0.159. The number of hydrogen-bond acceptors (Lipinski definition) is 4. The van der Waals surface area contributed by atoms with Crippen molar-refractivity contribution in [3.05, 3.63) is 81.1 Å². The Morgan fingerprint density at radius 1 is 1.07 bits per heavy atom. The average Bonchev–Trinajstić information content (AvgIpc) is 3.27. The van der Waals surface area contributed by atoms with Crippen LogP contribution in [0.4, 0.5) is 10.1 Å². The van der Waals surface area contributed by atoms with Crippen LogP contribution in [0.3, 0.4) is 0 Å². The van der Waals surface area contributed by atoms with E-state index in [4.69, 9.17) is 27.6 Å². The highest BCUT2D eigenvalue weighted by atomic mass is 35.5. The van der Waals surface area contributed by atoms with Gasteiger partial charge >= 0.3 is 0 Å². The van der Waals surface area contributed by atoms with E-state index < -0.39 is 5.82 Å². The molecule has 4 nitrogen and oxygen atoms in total. The first kappa shape index (κ1) is 18.8. The Morgan fingerprint density at radius 2 is 1.89 bits per heavy atom. The fourth-order valence-corrected chi connectivity index (χ4v) is 3.61. The molecule has 4 rings (SSSR count). The first-order valence-electron chi connectivity index (χ1n) is 8.09. The number of nitrogens with one attached hydrogen (secondary N) is 1. The maximum atomic E-state index is 13.7. The van der Waals surface area contributed by atoms with Crippen molar-refractivity contribution in [2.45, 2.75) is 0 Å². The number of nitrogens with zero attached hydrogens (tertiary/aromatic N) is 1. The highest BCUT2D eigenvalue weighted by Gasteiger charge is 2.24. The summed E-state index contributed by atoms with van der Waals surface area (Å²) in [7, 11) is 0. The van der Waals surface area contributed by atoms with Gasteiger partial charge in [0.1, 0.15) is 23.0 Å². The molecule has 1 saturated heterocycles. The molecule has 0 saturated carbocycles. The summed E-state index contributed by atoms with van der Waals surface area (Å²) >= 11 is 13.1. The molecule has 0 bridgehead atoms. The van der Waals surface area contributed by atoms with Crippen molar-refractivity contribution in [3.63, 3.8) is 0 Å². The maximum absolute atomic E-state index is 13.7. The van der Waals surface area contributed by atoms with Gasteiger partial charge in [-0.2, -0.15) is 0 Å². The highest BCUT2D eigenvalue weighted by Crippen LogP contribution is 2.32. The Labute approximate surface area is 174 Å². The van der Waals surface area contributed by atoms with Crippen molar-refractivity contribution in [1.29, 1.82) is 0 Å². The van der Waals surface area contributed by atoms with Crippen LogP contribution in [-0.4, -0.2) is 11.1 Å². The van der Waals surface area contributed by atoms with Crippen molar-refractivity contribution in [2.75, 3.05) is 0 Å². The molecule has 0 unspecified atom stereocenters. The Kier molecular flexibility index (Phi) is 5.26. The summed E-state index contributed by atoms with van der Waals surface area (Å²) in [6.07, 6.45) is 1.60. The number of halogens is 3. The summed E-state index contributed by atoms with van der Waals surface area (Å²) in [5.41, 5.74) is 0.927. The van der Waals surface area contributed by atoms with Gasteiger partial charge in [0.05, 0.1) is 15.0 Å². The van der Waals surface area contributed by atoms with E-state index in [2.05, 4.69) is 10.3 Å². The summed E-state index contributed by atoms with van der Waals surface area (Å²) in [5.74, 6) is 0.298. The van der Waals surface area contributed by atoms with Crippen molar-refractivity contribution in [3.8, 4) is 11.3 Å². The number of amides is 1. The third-order valence-electron chi connectivity index (χ3n) is 3.83. The lowest BCUT2D eigenvalue weighted by Gasteiger charge is -1.99. The molecule has 8 heteroatoms. The minimum Gasteiger partial charge on any atom is -0.457 e. The van der Waals surface area contributed by atoms with Crippen LogP contribution in [0.1, 0.15) is 5.76 Å². The minimum atomic E-state index is -0.459. The molecule has 1 aliphatic heterocycles. The van der Waals surface area contributed by atoms with Gasteiger partial charge in [-0.1, -0.05) is 35.3 Å². The first-order valence-corrected chi connectivity index (χ1v) is 9.66. The molecule has 140 valence electrons. The number of hydrogen-bond donors (Lipinski definition) is 1. The summed E-state index contributed by atoms with van der Waals surface area (Å²) in [4.78, 5) is 16.7. The van der Waals surface area contributed by atoms with Crippen LogP contribution in [0.2, 0.25) is 10.0 Å². The van der Waals surface area contributed by atoms with Gasteiger partial charge in [0.25, 0.3) is 5.91 Å². The summed E-state index contributed by atoms with van der Waals surface area (Å²) in [6, 6.07) is 14.8. The number of carbonyl (C=O) groups is 1. The molecule has 1 fully saturated rings. The quantitative estimate of drug-likeness (QED) is 0.495. The zero-order chi connectivity index (χ0) is 19.7. The molecule has 3 aromatic rings. The van der Waals surface area contributed by atoms with E-state index in [1.807, 2.05) is 0 Å². The molecule has 1 aromatic heterocycles. The average molecular weight is 433 g/mol. The second-order valence-corrected chi connectivity index (χ2v) is 7.61. The molecule has 0 spiro atoms. The number of amidine groups is 1. The van der Waals surface area contributed by atoms with Gasteiger partial charge in [0.15, 0.2) is 5.17 Å². The third kappa shape index (κ3) is 3.99. The normalized spacial score (nSPS) is 16.8. The molecule has 0 radical (unpaired) electrons. The van der Waals surface area contributed by atoms with Crippen LogP contribution in [0.25, 0.3) is 17.4 Å². The Bertz CT molecular complexity index is 1140. The van der Waals surface area contributed by atoms with Gasteiger partial charge in [-0.15, -0.1) is 0 Å². The molecule has 28 heavy (non-hydrogen) atoms. The standard InChI is InChI=1S/C20H11Cl2FN2O2S/c21-13-7-5-11(9-14(13)22)17-8-6-12(27-17)10-18-19(26)25-20(28-18)24-16-4-2-1-3-15(16)23/h1-10H,(H,24,25,26)/b18-10+. The van der Waals surface area contributed by atoms with Gasteiger partial charge in [0, 0.05) is 11.6 Å². The molecule has 1 amide bonds. The third-order valence-corrected chi connectivity index (χ3v) is 5.48. The fraction of sp³-hybridized carbons (Fsp3) is 0. The lowest BCUT2D eigenvalue weighted by atomic mass is 10.2. The van der Waals surface area contributed by atoms with E-state index >= 15 is 0 Å². The zero-order valence-electron chi connectivity index (χ0n) is 14.1. The maximum Gasteiger partial charge on any atom is 0.264 e. The van der Waals surface area contributed by atoms with E-state index in [1.54, 1.807) is 48.5 Å². The fourth-order valence-electron chi connectivity index (χ4n) is 2.50. The van der Waals surface area contributed by atoms with Crippen LogP contribution >= 0.6 is 35.0 Å². The SMILES string of the molecule is O=C1NC(=Nc2ccccc2F)S/C1=C/c1ccc(-c2ccc(Cl)c(Cl)c2)o1. The number of thioether (sulfide) groups is 1. The number of furan rings is 1. The van der Waals surface area contributed by atoms with Gasteiger partial charge in [-0.3, -0.25) is 4.79 Å². The summed E-state index contributed by atoms with van der Waals surface area (Å²) in [5, 5.41) is 3.81. The molecule has 2 heterocycles. The number of aliphatic imine (C=N–C) groups is 1. The van der Waals surface area contributed by atoms with E-state index in [0.717, 1.165) is 17.3 Å². The number of benzene rings is 2. The monoisotopic (exact) mass is 432 g/mol. The lowest BCUT2D eigenvalue weighted by Crippen LogP contribution is -2.19. The van der Waals surface area contributed by atoms with Crippen molar-refractivity contribution in [1.82, 2.24) is 5.32 Å². The van der Waals surface area contributed by atoms with E-state index in [0.29, 0.717) is 31.6 Å². The molecular weight excluding hydrogens is 422 g/mol. The molecular formula is C20H11Cl2FN2O2S. The van der Waals surface area contributed by atoms with E-state index in [-0.39, 0.29) is 11.6 Å². The predicted octanol–water partition coefficient (Wildman–Crippen LogP) is 6.28. The van der Waals surface area contributed by atoms with Gasteiger partial charge < -0.3 is 9.73 Å². The molecule has 1 aliphatic rings. The Morgan fingerprint density at radius 3 is 2.68 bits per heavy atom. The smallest absolute Gasteiger partial charge is 0.264 e. The predicted molar refractivity (Wildman–Crippen MR) is 111 cm³/mol. The summed E-state index contributed by atoms with van der Waals surface area (Å²) in [6.45, 7) is 0. The molecule has 2 aromatic carbocycles. The Balaban J connectivity index is 1.56. The van der Waals surface area contributed by atoms with Crippen LogP contribution in [0, 0.1) is 5.82 Å². The number of rotatable bonds is 3. The van der Waals surface area contributed by atoms with E-state index in [1.165, 1.54) is 12.1 Å². The summed E-state index contributed by atoms with van der Waals surface area (Å²) < 4.78 is 19.5. The van der Waals surface area contributed by atoms with Crippen LogP contribution < -0.4 is 5.32 Å². The number of para-hydroxylation sites is 1. The largest absolute Gasteiger partial charge is 0.457 e. The van der Waals surface area contributed by atoms with E-state index in [9.17, 15) is 9.18 Å².